The van der Waals surface area contributed by atoms with Crippen LogP contribution < -0.4 is 0 Å². The lowest BCUT2D eigenvalue weighted by molar-refractivity contribution is -0.151. The lowest BCUT2D eigenvalue weighted by atomic mass is 10.1. The Labute approximate surface area is 116 Å². The first-order valence-electron chi connectivity index (χ1n) is 5.80. The SMILES string of the molecule is O=C(O)C(OCc1ccc(Cl)cc1)c1ccccc1. The molecule has 0 aliphatic rings. The van der Waals surface area contributed by atoms with Crippen molar-refractivity contribution in [2.24, 2.45) is 0 Å². The van der Waals surface area contributed by atoms with Gasteiger partial charge in [0.05, 0.1) is 6.61 Å². The van der Waals surface area contributed by atoms with Crippen molar-refractivity contribution in [3.05, 3.63) is 70.7 Å². The van der Waals surface area contributed by atoms with Gasteiger partial charge in [-0.15, -0.1) is 0 Å². The van der Waals surface area contributed by atoms with Crippen LogP contribution in [0.25, 0.3) is 0 Å². The fourth-order valence-electron chi connectivity index (χ4n) is 1.70. The number of benzene rings is 2. The molecule has 3 nitrogen and oxygen atoms in total. The first kappa shape index (κ1) is 13.6. The largest absolute Gasteiger partial charge is 0.479 e. The van der Waals surface area contributed by atoms with Crippen molar-refractivity contribution >= 4 is 17.6 Å². The normalized spacial score (nSPS) is 12.1. The predicted molar refractivity (Wildman–Crippen MR) is 73.1 cm³/mol. The molecule has 2 rings (SSSR count). The predicted octanol–water partition coefficient (Wildman–Crippen LogP) is 3.68. The minimum atomic E-state index is -1.000. The molecule has 0 radical (unpaired) electrons. The van der Waals surface area contributed by atoms with Crippen LogP contribution in [0.5, 0.6) is 0 Å². The van der Waals surface area contributed by atoms with Crippen LogP contribution in [0.15, 0.2) is 54.6 Å². The molecule has 0 heterocycles. The maximum atomic E-state index is 11.2. The summed E-state index contributed by atoms with van der Waals surface area (Å²) in [5, 5.41) is 9.84. The van der Waals surface area contributed by atoms with Crippen molar-refractivity contribution in [1.82, 2.24) is 0 Å². The smallest absolute Gasteiger partial charge is 0.337 e. The zero-order valence-electron chi connectivity index (χ0n) is 10.1. The molecule has 4 heteroatoms. The minimum absolute atomic E-state index is 0.225. The van der Waals surface area contributed by atoms with E-state index in [1.54, 1.807) is 36.4 Å². The fourth-order valence-corrected chi connectivity index (χ4v) is 1.82. The minimum Gasteiger partial charge on any atom is -0.479 e. The van der Waals surface area contributed by atoms with Gasteiger partial charge in [-0.25, -0.2) is 4.79 Å². The summed E-state index contributed by atoms with van der Waals surface area (Å²) < 4.78 is 5.47. The van der Waals surface area contributed by atoms with Crippen LogP contribution >= 0.6 is 11.6 Å². The second-order valence-electron chi connectivity index (χ2n) is 4.07. The monoisotopic (exact) mass is 276 g/mol. The first-order chi connectivity index (χ1) is 9.16. The van der Waals surface area contributed by atoms with Gasteiger partial charge in [-0.3, -0.25) is 0 Å². The summed E-state index contributed by atoms with van der Waals surface area (Å²) in [6.45, 7) is 0.225. The Kier molecular flexibility index (Phi) is 4.55. The van der Waals surface area contributed by atoms with Gasteiger partial charge in [-0.1, -0.05) is 54.1 Å². The maximum Gasteiger partial charge on any atom is 0.337 e. The molecule has 19 heavy (non-hydrogen) atoms. The highest BCUT2D eigenvalue weighted by Crippen LogP contribution is 2.20. The van der Waals surface area contributed by atoms with Gasteiger partial charge < -0.3 is 9.84 Å². The molecule has 0 amide bonds. The molecule has 1 atom stereocenters. The molecule has 0 spiro atoms. The molecule has 0 saturated carbocycles. The highest BCUT2D eigenvalue weighted by atomic mass is 35.5. The van der Waals surface area contributed by atoms with Crippen molar-refractivity contribution in [3.8, 4) is 0 Å². The summed E-state index contributed by atoms with van der Waals surface area (Å²) in [4.78, 5) is 11.2. The van der Waals surface area contributed by atoms with Crippen LogP contribution in [-0.4, -0.2) is 11.1 Å². The lowest BCUT2D eigenvalue weighted by Crippen LogP contribution is -2.15. The highest BCUT2D eigenvalue weighted by molar-refractivity contribution is 6.30. The number of rotatable bonds is 5. The molecule has 1 N–H and O–H groups in total. The Morgan fingerprint density at radius 3 is 2.32 bits per heavy atom. The molecular formula is C15H13ClO3. The average molecular weight is 277 g/mol. The number of carboxylic acids is 1. The molecule has 1 unspecified atom stereocenters. The van der Waals surface area contributed by atoms with E-state index in [4.69, 9.17) is 16.3 Å². The third kappa shape index (κ3) is 3.81. The third-order valence-corrected chi connectivity index (χ3v) is 2.91. The van der Waals surface area contributed by atoms with E-state index >= 15 is 0 Å². The number of hydrogen-bond donors (Lipinski definition) is 1. The second kappa shape index (κ2) is 6.36. The van der Waals surface area contributed by atoms with E-state index in [9.17, 15) is 9.90 Å². The lowest BCUT2D eigenvalue weighted by Gasteiger charge is -2.14. The standard InChI is InChI=1S/C15H13ClO3/c16-13-8-6-11(7-9-13)10-19-14(15(17)18)12-4-2-1-3-5-12/h1-9,14H,10H2,(H,17,18). The molecular weight excluding hydrogens is 264 g/mol. The van der Waals surface area contributed by atoms with E-state index in [1.165, 1.54) is 0 Å². The topological polar surface area (TPSA) is 46.5 Å². The van der Waals surface area contributed by atoms with Crippen LogP contribution in [0.4, 0.5) is 0 Å². The van der Waals surface area contributed by atoms with Crippen molar-refractivity contribution in [2.75, 3.05) is 0 Å². The zero-order valence-corrected chi connectivity index (χ0v) is 10.9. The zero-order chi connectivity index (χ0) is 13.7. The highest BCUT2D eigenvalue weighted by Gasteiger charge is 2.20. The number of halogens is 1. The van der Waals surface area contributed by atoms with Gasteiger partial charge >= 0.3 is 5.97 Å². The summed E-state index contributed by atoms with van der Waals surface area (Å²) in [5.74, 6) is -1.000. The third-order valence-electron chi connectivity index (χ3n) is 2.66. The van der Waals surface area contributed by atoms with Crippen LogP contribution in [-0.2, 0) is 16.1 Å². The van der Waals surface area contributed by atoms with E-state index in [0.29, 0.717) is 10.6 Å². The Balaban J connectivity index is 2.06. The molecule has 98 valence electrons. The molecule has 0 aliphatic carbocycles. The molecule has 2 aromatic rings. The van der Waals surface area contributed by atoms with Crippen molar-refractivity contribution in [3.63, 3.8) is 0 Å². The fraction of sp³-hybridized carbons (Fsp3) is 0.133. The summed E-state index contributed by atoms with van der Waals surface area (Å²) in [6.07, 6.45) is -0.961. The van der Waals surface area contributed by atoms with Gasteiger partial charge in [-0.2, -0.15) is 0 Å². The van der Waals surface area contributed by atoms with E-state index < -0.39 is 12.1 Å². The Hall–Kier alpha value is -1.84. The van der Waals surface area contributed by atoms with Crippen LogP contribution in [0.1, 0.15) is 17.2 Å². The van der Waals surface area contributed by atoms with Crippen molar-refractivity contribution < 1.29 is 14.6 Å². The summed E-state index contributed by atoms with van der Waals surface area (Å²) in [5.41, 5.74) is 1.51. The van der Waals surface area contributed by atoms with Crippen molar-refractivity contribution in [1.29, 1.82) is 0 Å². The molecule has 0 fully saturated rings. The number of carboxylic acid groups (broad SMARTS) is 1. The van der Waals surface area contributed by atoms with Gasteiger partial charge in [0.25, 0.3) is 0 Å². The van der Waals surface area contributed by atoms with Crippen LogP contribution in [0.3, 0.4) is 0 Å². The van der Waals surface area contributed by atoms with E-state index in [1.807, 2.05) is 18.2 Å². The molecule has 0 saturated heterocycles. The van der Waals surface area contributed by atoms with Gasteiger partial charge in [0.2, 0.25) is 0 Å². The van der Waals surface area contributed by atoms with Gasteiger partial charge in [0.15, 0.2) is 6.10 Å². The molecule has 0 aliphatic heterocycles. The van der Waals surface area contributed by atoms with Crippen LogP contribution in [0, 0.1) is 0 Å². The van der Waals surface area contributed by atoms with Crippen molar-refractivity contribution in [2.45, 2.75) is 12.7 Å². The number of carbonyl (C=O) groups is 1. The Morgan fingerprint density at radius 2 is 1.74 bits per heavy atom. The van der Waals surface area contributed by atoms with E-state index in [2.05, 4.69) is 0 Å². The van der Waals surface area contributed by atoms with Gasteiger partial charge in [0.1, 0.15) is 0 Å². The Morgan fingerprint density at radius 1 is 1.11 bits per heavy atom. The van der Waals surface area contributed by atoms with E-state index in [0.717, 1.165) is 5.56 Å². The van der Waals surface area contributed by atoms with E-state index in [-0.39, 0.29) is 6.61 Å². The summed E-state index contributed by atoms with van der Waals surface area (Å²) >= 11 is 5.79. The second-order valence-corrected chi connectivity index (χ2v) is 4.50. The molecule has 2 aromatic carbocycles. The average Bonchev–Trinajstić information content (AvgIpc) is 2.42. The van der Waals surface area contributed by atoms with Gasteiger partial charge in [-0.05, 0) is 23.3 Å². The summed E-state index contributed by atoms with van der Waals surface area (Å²) in [7, 11) is 0. The number of ether oxygens (including phenoxy) is 1. The maximum absolute atomic E-state index is 11.2. The molecule has 0 aromatic heterocycles. The van der Waals surface area contributed by atoms with Gasteiger partial charge in [0, 0.05) is 5.02 Å². The molecule has 0 bridgehead atoms. The Bertz CT molecular complexity index is 537. The quantitative estimate of drug-likeness (QED) is 0.906. The first-order valence-corrected chi connectivity index (χ1v) is 6.18. The van der Waals surface area contributed by atoms with Crippen LogP contribution in [0.2, 0.25) is 5.02 Å². The summed E-state index contributed by atoms with van der Waals surface area (Å²) in [6, 6.07) is 16.0. The number of aliphatic carboxylic acids is 1. The number of hydrogen-bond acceptors (Lipinski definition) is 2.